The summed E-state index contributed by atoms with van der Waals surface area (Å²) in [6.07, 6.45) is 2.87. The second-order valence-corrected chi connectivity index (χ2v) is 9.81. The Morgan fingerprint density at radius 1 is 0.973 bits per heavy atom. The summed E-state index contributed by atoms with van der Waals surface area (Å²) < 4.78 is 0. The predicted octanol–water partition coefficient (Wildman–Crippen LogP) is 3.22. The summed E-state index contributed by atoms with van der Waals surface area (Å²) in [6.45, 7) is 5.01. The first kappa shape index (κ1) is 27.8. The zero-order valence-electron chi connectivity index (χ0n) is 20.9. The number of rotatable bonds is 10. The van der Waals surface area contributed by atoms with Gasteiger partial charge in [-0.05, 0) is 35.3 Å². The zero-order valence-corrected chi connectivity index (χ0v) is 21.6. The smallest absolute Gasteiger partial charge is 0.244 e. The highest BCUT2D eigenvalue weighted by atomic mass is 35.5. The van der Waals surface area contributed by atoms with Gasteiger partial charge in [-0.25, -0.2) is 0 Å². The Kier molecular flexibility index (Phi) is 9.36. The number of carbonyl (C=O) groups is 5. The van der Waals surface area contributed by atoms with E-state index in [-0.39, 0.29) is 12.3 Å². The Bertz CT molecular complexity index is 1190. The number of hydrogen-bond acceptors (Lipinski definition) is 5. The first-order chi connectivity index (χ1) is 17.6. The van der Waals surface area contributed by atoms with Gasteiger partial charge in [0.1, 0.15) is 5.92 Å². The van der Waals surface area contributed by atoms with Crippen molar-refractivity contribution in [2.24, 2.45) is 17.8 Å². The fraction of sp³-hybridized carbons (Fsp3) is 0.321. The van der Waals surface area contributed by atoms with Crippen molar-refractivity contribution in [3.05, 3.63) is 76.8 Å². The average Bonchev–Trinajstić information content (AvgIpc) is 3.12. The number of amides is 4. The van der Waals surface area contributed by atoms with Crippen molar-refractivity contribution in [2.45, 2.75) is 39.3 Å². The molecule has 194 valence electrons. The number of Topliss-reactive ketones (excluding diaryl/α,β-unsaturated/α-hetero) is 1. The van der Waals surface area contributed by atoms with Crippen molar-refractivity contribution < 1.29 is 24.0 Å². The highest BCUT2D eigenvalue weighted by Crippen LogP contribution is 2.24. The number of ketones is 1. The third-order valence-electron chi connectivity index (χ3n) is 6.24. The summed E-state index contributed by atoms with van der Waals surface area (Å²) >= 11 is 5.89. The fourth-order valence-electron chi connectivity index (χ4n) is 4.15. The van der Waals surface area contributed by atoms with Crippen LogP contribution in [0.5, 0.6) is 0 Å². The van der Waals surface area contributed by atoms with Crippen molar-refractivity contribution >= 4 is 47.1 Å². The van der Waals surface area contributed by atoms with Crippen molar-refractivity contribution in [2.75, 3.05) is 0 Å². The Hall–Kier alpha value is -3.78. The number of hydrogen-bond donors (Lipinski definition) is 3. The monoisotopic (exact) mass is 523 g/mol. The highest BCUT2D eigenvalue weighted by molar-refractivity contribution is 6.30. The van der Waals surface area contributed by atoms with Gasteiger partial charge in [-0.15, -0.1) is 0 Å². The van der Waals surface area contributed by atoms with Crippen molar-refractivity contribution in [1.29, 1.82) is 0 Å². The molecule has 2 aromatic carbocycles. The molecule has 0 spiro atoms. The molecule has 4 amide bonds. The Morgan fingerprint density at radius 2 is 1.62 bits per heavy atom. The summed E-state index contributed by atoms with van der Waals surface area (Å²) in [5, 5.41) is 8.33. The van der Waals surface area contributed by atoms with Crippen LogP contribution >= 0.6 is 11.6 Å². The van der Waals surface area contributed by atoms with Gasteiger partial charge in [-0.1, -0.05) is 74.8 Å². The molecule has 8 nitrogen and oxygen atoms in total. The maximum absolute atomic E-state index is 13.1. The molecular weight excluding hydrogens is 494 g/mol. The number of imide groups is 1. The normalized spacial score (nSPS) is 18.9. The highest BCUT2D eigenvalue weighted by Gasteiger charge is 2.46. The number of nitrogens with one attached hydrogen (secondary N) is 3. The first-order valence-electron chi connectivity index (χ1n) is 12.0. The van der Waals surface area contributed by atoms with E-state index in [4.69, 9.17) is 11.6 Å². The van der Waals surface area contributed by atoms with Crippen LogP contribution in [0.25, 0.3) is 6.08 Å². The molecule has 9 heteroatoms. The van der Waals surface area contributed by atoms with Crippen LogP contribution < -0.4 is 16.0 Å². The molecule has 0 saturated carbocycles. The van der Waals surface area contributed by atoms with Gasteiger partial charge in [0, 0.05) is 11.1 Å². The van der Waals surface area contributed by atoms with Gasteiger partial charge in [0.05, 0.1) is 24.4 Å². The summed E-state index contributed by atoms with van der Waals surface area (Å²) in [5.74, 6) is -4.81. The van der Waals surface area contributed by atoms with E-state index in [1.807, 2.05) is 6.07 Å². The van der Waals surface area contributed by atoms with Crippen molar-refractivity contribution in [3.8, 4) is 0 Å². The van der Waals surface area contributed by atoms with Crippen LogP contribution in [-0.4, -0.2) is 35.5 Å². The summed E-state index contributed by atoms with van der Waals surface area (Å²) in [7, 11) is 0. The SMILES string of the molecule is CC(C)[C@@H](NC(=O)C[C@@H](NC(=O)/C=C/c1ccc(Cl)cc1)c1ccccc1)C(=O)[C@@H]1C(=O)NC(=O)[C@H]1C. The Morgan fingerprint density at radius 3 is 2.19 bits per heavy atom. The van der Waals surface area contributed by atoms with Gasteiger partial charge in [0.25, 0.3) is 0 Å². The van der Waals surface area contributed by atoms with E-state index in [0.717, 1.165) is 5.56 Å². The average molecular weight is 524 g/mol. The van der Waals surface area contributed by atoms with Crippen LogP contribution in [0.1, 0.15) is 44.4 Å². The van der Waals surface area contributed by atoms with Crippen LogP contribution in [0.2, 0.25) is 5.02 Å². The maximum Gasteiger partial charge on any atom is 0.244 e. The van der Waals surface area contributed by atoms with Crippen LogP contribution in [0.15, 0.2) is 60.7 Å². The maximum atomic E-state index is 13.1. The predicted molar refractivity (Wildman–Crippen MR) is 140 cm³/mol. The summed E-state index contributed by atoms with van der Waals surface area (Å²) in [5.41, 5.74) is 1.50. The van der Waals surface area contributed by atoms with Crippen LogP contribution in [-0.2, 0) is 24.0 Å². The minimum absolute atomic E-state index is 0.133. The van der Waals surface area contributed by atoms with Gasteiger partial charge >= 0.3 is 0 Å². The third-order valence-corrected chi connectivity index (χ3v) is 6.50. The van der Waals surface area contributed by atoms with Crippen LogP contribution in [0.3, 0.4) is 0 Å². The quantitative estimate of drug-likeness (QED) is 0.251. The second kappa shape index (κ2) is 12.5. The van der Waals surface area contributed by atoms with E-state index in [1.54, 1.807) is 68.5 Å². The molecular formula is C28H30ClN3O5. The lowest BCUT2D eigenvalue weighted by Gasteiger charge is -2.25. The largest absolute Gasteiger partial charge is 0.346 e. The Labute approximate surface area is 220 Å². The molecule has 1 heterocycles. The Balaban J connectivity index is 1.72. The molecule has 0 aromatic heterocycles. The van der Waals surface area contributed by atoms with Crippen molar-refractivity contribution in [3.63, 3.8) is 0 Å². The summed E-state index contributed by atoms with van der Waals surface area (Å²) in [4.78, 5) is 62.9. The number of halogens is 1. The van der Waals surface area contributed by atoms with E-state index < -0.39 is 53.3 Å². The van der Waals surface area contributed by atoms with Gasteiger partial charge in [-0.2, -0.15) is 0 Å². The molecule has 37 heavy (non-hydrogen) atoms. The molecule has 0 unspecified atom stereocenters. The lowest BCUT2D eigenvalue weighted by molar-refractivity contribution is -0.137. The molecule has 3 N–H and O–H groups in total. The molecule has 0 bridgehead atoms. The molecule has 0 radical (unpaired) electrons. The fourth-order valence-corrected chi connectivity index (χ4v) is 4.27. The van der Waals surface area contributed by atoms with Gasteiger partial charge in [0.2, 0.25) is 23.6 Å². The van der Waals surface area contributed by atoms with E-state index in [0.29, 0.717) is 10.6 Å². The molecule has 3 rings (SSSR count). The third kappa shape index (κ3) is 7.36. The molecule has 4 atom stereocenters. The van der Waals surface area contributed by atoms with Crippen molar-refractivity contribution in [1.82, 2.24) is 16.0 Å². The van der Waals surface area contributed by atoms with Gasteiger partial charge in [0.15, 0.2) is 5.78 Å². The molecule has 1 fully saturated rings. The summed E-state index contributed by atoms with van der Waals surface area (Å²) in [6, 6.07) is 14.4. The minimum Gasteiger partial charge on any atom is -0.346 e. The first-order valence-corrected chi connectivity index (χ1v) is 12.4. The topological polar surface area (TPSA) is 121 Å². The zero-order chi connectivity index (χ0) is 27.1. The van der Waals surface area contributed by atoms with Crippen LogP contribution in [0, 0.1) is 17.8 Å². The standard InChI is InChI=1S/C28H30ClN3O5/c1-16(2)25(26(35)24-17(3)27(36)32-28(24)37)31-23(34)15-21(19-7-5-4-6-8-19)30-22(33)14-11-18-9-12-20(29)13-10-18/h4-14,16-17,21,24-25H,15H2,1-3H3,(H,30,33)(H,31,34)(H,32,36,37)/b14-11+/t17-,21+,24+,25+/m0/s1. The molecule has 1 saturated heterocycles. The van der Waals surface area contributed by atoms with Gasteiger partial charge < -0.3 is 10.6 Å². The van der Waals surface area contributed by atoms with E-state index in [1.165, 1.54) is 13.0 Å². The van der Waals surface area contributed by atoms with Gasteiger partial charge in [-0.3, -0.25) is 29.3 Å². The molecule has 2 aromatic rings. The second-order valence-electron chi connectivity index (χ2n) is 9.37. The van der Waals surface area contributed by atoms with E-state index in [9.17, 15) is 24.0 Å². The minimum atomic E-state index is -1.15. The lowest BCUT2D eigenvalue weighted by atomic mass is 9.85. The molecule has 0 aliphatic carbocycles. The molecule has 1 aliphatic heterocycles. The molecule has 1 aliphatic rings. The lowest BCUT2D eigenvalue weighted by Crippen LogP contribution is -2.49. The van der Waals surface area contributed by atoms with Crippen LogP contribution in [0.4, 0.5) is 0 Å². The van der Waals surface area contributed by atoms with E-state index in [2.05, 4.69) is 16.0 Å². The number of carbonyl (C=O) groups excluding carboxylic acids is 5. The number of benzene rings is 2. The van der Waals surface area contributed by atoms with E-state index >= 15 is 0 Å².